The predicted molar refractivity (Wildman–Crippen MR) is 128 cm³/mol. The van der Waals surface area contributed by atoms with E-state index in [1.54, 1.807) is 0 Å². The van der Waals surface area contributed by atoms with Gasteiger partial charge in [-0.15, -0.1) is 4.33 Å². The number of halogens is 2. The molecule has 0 aliphatic heterocycles. The van der Waals surface area contributed by atoms with Crippen LogP contribution in [-0.2, 0) is 29.0 Å². The highest BCUT2D eigenvalue weighted by atomic mass is 79.9. The molecule has 0 spiro atoms. The van der Waals surface area contributed by atoms with E-state index >= 15 is 0 Å². The minimum Gasteiger partial charge on any atom is -0.370 e. The second-order valence-corrected chi connectivity index (χ2v) is 11.2. The van der Waals surface area contributed by atoms with Crippen LogP contribution < -0.4 is 0 Å². The minimum absolute atomic E-state index is 0.136. The van der Waals surface area contributed by atoms with Gasteiger partial charge in [-0.1, -0.05) is 49.0 Å². The third-order valence-corrected chi connectivity index (χ3v) is 7.20. The first-order chi connectivity index (χ1) is 15.3. The van der Waals surface area contributed by atoms with Gasteiger partial charge < -0.3 is 9.47 Å². The van der Waals surface area contributed by atoms with Crippen LogP contribution >= 0.6 is 43.9 Å². The molecule has 32 heavy (non-hydrogen) atoms. The number of hydrogen-bond acceptors (Lipinski definition) is 8. The van der Waals surface area contributed by atoms with Crippen LogP contribution in [0.2, 0.25) is 0 Å². The zero-order valence-corrected chi connectivity index (χ0v) is 21.6. The number of rotatable bonds is 12. The van der Waals surface area contributed by atoms with Crippen LogP contribution in [0, 0.1) is 0 Å². The summed E-state index contributed by atoms with van der Waals surface area (Å²) in [5, 5.41) is 11.8. The average molecular weight is 614 g/mol. The Morgan fingerprint density at radius 1 is 0.906 bits per heavy atom. The largest absolute Gasteiger partial charge is 0.370 e. The highest BCUT2D eigenvalue weighted by Gasteiger charge is 2.35. The van der Waals surface area contributed by atoms with Crippen LogP contribution in [0.1, 0.15) is 36.2 Å². The molecule has 0 aromatic heterocycles. The lowest BCUT2D eigenvalue weighted by atomic mass is 9.82. The molecule has 0 heterocycles. The summed E-state index contributed by atoms with van der Waals surface area (Å²) in [6, 6.07) is 11.9. The maximum Gasteiger partial charge on any atom is 0.264 e. The maximum absolute atomic E-state index is 11.1. The van der Waals surface area contributed by atoms with E-state index in [9.17, 15) is 8.42 Å². The number of fused-ring (bicyclic) bond motifs is 3. The van der Waals surface area contributed by atoms with E-state index in [1.807, 2.05) is 36.4 Å². The monoisotopic (exact) mass is 612 g/mol. The van der Waals surface area contributed by atoms with Crippen molar-refractivity contribution in [1.29, 1.82) is 0 Å². The molecule has 0 amide bonds. The first-order valence-electron chi connectivity index (χ1n) is 9.67. The van der Waals surface area contributed by atoms with Crippen molar-refractivity contribution in [2.24, 2.45) is 0 Å². The van der Waals surface area contributed by atoms with Crippen molar-refractivity contribution in [3.8, 4) is 11.1 Å². The Morgan fingerprint density at radius 3 is 1.94 bits per heavy atom. The van der Waals surface area contributed by atoms with Crippen LogP contribution in [0.25, 0.3) is 11.1 Å². The van der Waals surface area contributed by atoms with Gasteiger partial charge in [0.1, 0.15) is 12.2 Å². The van der Waals surface area contributed by atoms with Gasteiger partial charge in [-0.25, -0.2) is 5.26 Å². The predicted octanol–water partition coefficient (Wildman–Crippen LogP) is 5.75. The zero-order chi connectivity index (χ0) is 23.1. The minimum atomic E-state index is -4.05. The molecule has 2 atom stereocenters. The molecule has 176 valence electrons. The third-order valence-electron chi connectivity index (χ3n) is 4.80. The summed E-state index contributed by atoms with van der Waals surface area (Å²) in [7, 11) is -4.05. The summed E-state index contributed by atoms with van der Waals surface area (Å²) >= 11 is 8.01. The molecule has 12 heteroatoms. The fourth-order valence-electron chi connectivity index (χ4n) is 3.54. The molecule has 1 aliphatic rings. The van der Waals surface area contributed by atoms with Gasteiger partial charge in [0, 0.05) is 40.0 Å². The Bertz CT molecular complexity index is 1020. The molecule has 1 aliphatic carbocycles. The smallest absolute Gasteiger partial charge is 0.264 e. The number of ether oxygens (including phenoxy) is 2. The Kier molecular flexibility index (Phi) is 9.98. The first kappa shape index (κ1) is 26.1. The Hall–Kier alpha value is -0.540. The van der Waals surface area contributed by atoms with Gasteiger partial charge in [-0.3, -0.25) is 4.55 Å². The van der Waals surface area contributed by atoms with Crippen LogP contribution in [-0.4, -0.2) is 42.9 Å². The first-order valence-corrected chi connectivity index (χ1v) is 13.8. The van der Waals surface area contributed by atoms with Crippen molar-refractivity contribution in [3.63, 3.8) is 0 Å². The van der Waals surface area contributed by atoms with E-state index in [0.717, 1.165) is 43.2 Å². The molecule has 0 saturated heterocycles. The lowest BCUT2D eigenvalue weighted by Gasteiger charge is -2.35. The average Bonchev–Trinajstić information content (AvgIpc) is 2.73. The molecule has 0 saturated carbocycles. The quantitative estimate of drug-likeness (QED) is 0.102. The van der Waals surface area contributed by atoms with Crippen molar-refractivity contribution in [3.05, 3.63) is 56.5 Å². The second-order valence-electron chi connectivity index (χ2n) is 7.00. The van der Waals surface area contributed by atoms with E-state index in [2.05, 4.69) is 41.2 Å². The van der Waals surface area contributed by atoms with Gasteiger partial charge in [0.05, 0.1) is 5.75 Å². The van der Waals surface area contributed by atoms with E-state index in [-0.39, 0.29) is 18.8 Å². The summed E-state index contributed by atoms with van der Waals surface area (Å²) in [5.41, 5.74) is 3.93. The van der Waals surface area contributed by atoms with E-state index in [1.165, 1.54) is 0 Å². The summed E-state index contributed by atoms with van der Waals surface area (Å²) in [4.78, 5) is 0. The van der Waals surface area contributed by atoms with Crippen LogP contribution in [0.3, 0.4) is 0 Å². The van der Waals surface area contributed by atoms with Gasteiger partial charge in [-0.05, 0) is 59.4 Å². The highest BCUT2D eigenvalue weighted by Crippen LogP contribution is 2.49. The van der Waals surface area contributed by atoms with Crippen LogP contribution in [0.5, 0.6) is 0 Å². The molecular weight excluding hydrogens is 592 g/mol. The topological polar surface area (TPSA) is 112 Å². The van der Waals surface area contributed by atoms with E-state index in [4.69, 9.17) is 19.3 Å². The van der Waals surface area contributed by atoms with Crippen LogP contribution in [0.4, 0.5) is 0 Å². The van der Waals surface area contributed by atoms with Crippen molar-refractivity contribution < 1.29 is 37.1 Å². The van der Waals surface area contributed by atoms with Gasteiger partial charge in [-0.2, -0.15) is 8.42 Å². The molecule has 3 rings (SSSR count). The highest BCUT2D eigenvalue weighted by molar-refractivity contribution is 9.10. The zero-order valence-electron chi connectivity index (χ0n) is 16.8. The molecule has 2 aromatic carbocycles. The number of hydrogen-bond donors (Lipinski definition) is 2. The SMILES string of the molecule is O=S(=O)(O)CCCOC1c2cc(Br)ccc2-c2ccc(Br)cc2C1OCCCSOOO. The van der Waals surface area contributed by atoms with E-state index in [0.29, 0.717) is 18.8 Å². The molecular formula is C20H22Br2O8S2. The lowest BCUT2D eigenvalue weighted by molar-refractivity contribution is -0.432. The Morgan fingerprint density at radius 2 is 1.44 bits per heavy atom. The summed E-state index contributed by atoms with van der Waals surface area (Å²) in [5.74, 6) is 0.170. The summed E-state index contributed by atoms with van der Waals surface area (Å²) in [6.07, 6.45) is -0.119. The van der Waals surface area contributed by atoms with E-state index < -0.39 is 22.3 Å². The molecule has 0 radical (unpaired) electrons. The van der Waals surface area contributed by atoms with Gasteiger partial charge in [0.2, 0.25) is 0 Å². The third kappa shape index (κ3) is 7.23. The molecule has 0 fully saturated rings. The Labute approximate surface area is 207 Å². The molecule has 2 unspecified atom stereocenters. The lowest BCUT2D eigenvalue weighted by Crippen LogP contribution is -2.24. The standard InChI is InChI=1S/C20H22Br2O8S2/c21-13-3-5-15-16-6-4-14(22)12-18(16)20(28-8-2-10-32(24,25)26)19(17(15)11-13)27-7-1-9-31-30-29-23/h3-6,11-12,19-20,23H,1-2,7-10H2,(H,24,25,26). The molecule has 2 N–H and O–H groups in total. The fraction of sp³-hybridized carbons (Fsp3) is 0.400. The van der Waals surface area contributed by atoms with Crippen LogP contribution in [0.15, 0.2) is 45.3 Å². The normalized spacial score (nSPS) is 17.8. The molecule has 8 nitrogen and oxygen atoms in total. The van der Waals surface area contributed by atoms with Crippen molar-refractivity contribution in [2.75, 3.05) is 24.7 Å². The maximum atomic E-state index is 11.1. The van der Waals surface area contributed by atoms with Crippen molar-refractivity contribution in [2.45, 2.75) is 25.0 Å². The summed E-state index contributed by atoms with van der Waals surface area (Å²) in [6.45, 7) is 0.532. The fourth-order valence-corrected chi connectivity index (χ4v) is 5.13. The van der Waals surface area contributed by atoms with Gasteiger partial charge >= 0.3 is 0 Å². The Balaban J connectivity index is 1.86. The van der Waals surface area contributed by atoms with Gasteiger partial charge in [0.25, 0.3) is 10.1 Å². The summed E-state index contributed by atoms with van der Waals surface area (Å²) < 4.78 is 49.7. The molecule has 2 aromatic rings. The van der Waals surface area contributed by atoms with Crippen molar-refractivity contribution in [1.82, 2.24) is 0 Å². The van der Waals surface area contributed by atoms with Gasteiger partial charge in [0.15, 0.2) is 0 Å². The van der Waals surface area contributed by atoms with Crippen molar-refractivity contribution >= 4 is 54.0 Å². The number of benzene rings is 2. The molecule has 0 bridgehead atoms. The second kappa shape index (κ2) is 12.2.